The summed E-state index contributed by atoms with van der Waals surface area (Å²) in [7, 11) is 0. The Labute approximate surface area is 208 Å². The molecule has 2 aliphatic rings. The van der Waals surface area contributed by atoms with Gasteiger partial charge in [0, 0.05) is 27.6 Å². The van der Waals surface area contributed by atoms with Crippen LogP contribution in [-0.4, -0.2) is 15.3 Å². The van der Waals surface area contributed by atoms with Crippen molar-refractivity contribution in [2.24, 2.45) is 0 Å². The third kappa shape index (κ3) is 3.64. The van der Waals surface area contributed by atoms with Crippen molar-refractivity contribution in [3.8, 4) is 50.5 Å². The molecule has 0 radical (unpaired) electrons. The van der Waals surface area contributed by atoms with Gasteiger partial charge >= 0.3 is 0 Å². The average Bonchev–Trinajstić information content (AvgIpc) is 3.34. The molecule has 0 spiro atoms. The molecule has 36 heavy (non-hydrogen) atoms. The number of rotatable bonds is 5. The number of aliphatic hydroxyl groups is 2. The first-order valence-electron chi connectivity index (χ1n) is 11.8. The second-order valence-corrected chi connectivity index (χ2v) is 8.88. The quantitative estimate of drug-likeness (QED) is 0.247. The van der Waals surface area contributed by atoms with Gasteiger partial charge < -0.3 is 19.7 Å². The number of fused-ring (bicyclic) bond motifs is 3. The lowest BCUT2D eigenvalue weighted by molar-refractivity contribution is 0.281. The van der Waals surface area contributed by atoms with E-state index in [1.54, 1.807) is 12.1 Å². The van der Waals surface area contributed by atoms with Gasteiger partial charge in [-0.2, -0.15) is 0 Å². The molecule has 4 aromatic rings. The largest absolute Gasteiger partial charge is 0.507 e. The van der Waals surface area contributed by atoms with E-state index in [1.807, 2.05) is 72.8 Å². The Morgan fingerprint density at radius 1 is 0.556 bits per heavy atom. The Balaban J connectivity index is 1.80. The Kier molecular flexibility index (Phi) is 5.53. The summed E-state index contributed by atoms with van der Waals surface area (Å²) in [5, 5.41) is 31.5. The van der Waals surface area contributed by atoms with Gasteiger partial charge in [-0.1, -0.05) is 72.8 Å². The van der Waals surface area contributed by atoms with Crippen molar-refractivity contribution >= 4 is 11.0 Å². The highest BCUT2D eigenvalue weighted by molar-refractivity contribution is 6.13. The van der Waals surface area contributed by atoms with E-state index < -0.39 is 0 Å². The maximum atomic E-state index is 10.9. The molecule has 0 bridgehead atoms. The van der Waals surface area contributed by atoms with Gasteiger partial charge in [0.2, 0.25) is 0 Å². The molecule has 0 fully saturated rings. The predicted octanol–water partition coefficient (Wildman–Crippen LogP) is 7.23. The van der Waals surface area contributed by atoms with Gasteiger partial charge in [0.05, 0.1) is 13.2 Å². The molecule has 1 aliphatic carbocycles. The highest BCUT2D eigenvalue weighted by Gasteiger charge is 2.28. The van der Waals surface area contributed by atoms with Crippen LogP contribution in [0.3, 0.4) is 0 Å². The monoisotopic (exact) mass is 472 g/mol. The molecule has 0 aromatic heterocycles. The first-order chi connectivity index (χ1) is 17.7. The van der Waals surface area contributed by atoms with Crippen molar-refractivity contribution in [3.05, 3.63) is 114 Å². The van der Waals surface area contributed by atoms with E-state index in [9.17, 15) is 15.3 Å². The van der Waals surface area contributed by atoms with Gasteiger partial charge in [0.1, 0.15) is 17.1 Å². The second kappa shape index (κ2) is 9.00. The Bertz CT molecular complexity index is 1650. The lowest BCUT2D eigenvalue weighted by atomic mass is 9.91. The summed E-state index contributed by atoms with van der Waals surface area (Å²) in [4.78, 5) is 0. The number of hydrogen-bond acceptors (Lipinski definition) is 4. The SMILES string of the molecule is OCc1ccc(O)c(-c2cc(-c3ccccc3)c3c(-c4ccccc4)oc4ccc(CO)cc4c2-3)c1. The van der Waals surface area contributed by atoms with Gasteiger partial charge in [0.25, 0.3) is 0 Å². The first-order valence-corrected chi connectivity index (χ1v) is 11.8. The lowest BCUT2D eigenvalue weighted by Crippen LogP contribution is -1.92. The molecule has 1 aliphatic heterocycles. The lowest BCUT2D eigenvalue weighted by Gasteiger charge is -2.17. The summed E-state index contributed by atoms with van der Waals surface area (Å²) in [6, 6.07) is 33.0. The van der Waals surface area contributed by atoms with Crippen LogP contribution in [0.5, 0.6) is 5.75 Å². The fourth-order valence-electron chi connectivity index (χ4n) is 4.94. The second-order valence-electron chi connectivity index (χ2n) is 8.88. The zero-order valence-electron chi connectivity index (χ0n) is 19.5. The van der Waals surface area contributed by atoms with Crippen LogP contribution in [-0.2, 0) is 13.2 Å². The van der Waals surface area contributed by atoms with Crippen LogP contribution >= 0.6 is 0 Å². The normalized spacial score (nSPS) is 11.4. The number of aromatic hydroxyl groups is 1. The van der Waals surface area contributed by atoms with Crippen LogP contribution in [0.4, 0.5) is 0 Å². The standard InChI is InChI=1S/C32H24O4/c33-18-20-11-13-28(35)25(15-20)26-17-24(22-7-3-1-4-8-22)31-30(26)27-16-21(19-34)12-14-29(27)36-32(31)23-9-5-2-6-10-23/h1-17,33-35H,18-19H2. The molecule has 0 unspecified atom stereocenters. The van der Waals surface area contributed by atoms with Crippen molar-refractivity contribution < 1.29 is 19.7 Å². The molecule has 0 saturated heterocycles. The third-order valence-electron chi connectivity index (χ3n) is 6.67. The number of aliphatic hydroxyl groups excluding tert-OH is 2. The molecule has 4 heteroatoms. The molecular weight excluding hydrogens is 448 g/mol. The van der Waals surface area contributed by atoms with Crippen molar-refractivity contribution in [3.63, 3.8) is 0 Å². The molecular formula is C32H24O4. The van der Waals surface area contributed by atoms with Crippen molar-refractivity contribution in [2.45, 2.75) is 13.2 Å². The van der Waals surface area contributed by atoms with Gasteiger partial charge in [-0.3, -0.25) is 0 Å². The Morgan fingerprint density at radius 3 is 1.89 bits per heavy atom. The molecule has 1 heterocycles. The summed E-state index contributed by atoms with van der Waals surface area (Å²) in [5.41, 5.74) is 8.44. The van der Waals surface area contributed by atoms with E-state index in [4.69, 9.17) is 4.42 Å². The molecule has 0 amide bonds. The minimum Gasteiger partial charge on any atom is -0.507 e. The Hall–Kier alpha value is -4.38. The molecule has 4 aromatic carbocycles. The van der Waals surface area contributed by atoms with Crippen LogP contribution in [0.1, 0.15) is 11.1 Å². The summed E-state index contributed by atoms with van der Waals surface area (Å²) >= 11 is 0. The fraction of sp³-hybridized carbons (Fsp3) is 0.0625. The van der Waals surface area contributed by atoms with Gasteiger partial charge in [-0.25, -0.2) is 0 Å². The highest BCUT2D eigenvalue weighted by Crippen LogP contribution is 2.53. The van der Waals surface area contributed by atoms with Gasteiger partial charge in [0.15, 0.2) is 0 Å². The van der Waals surface area contributed by atoms with E-state index >= 15 is 0 Å². The minimum absolute atomic E-state index is 0.0926. The van der Waals surface area contributed by atoms with Crippen LogP contribution in [0.15, 0.2) is 108 Å². The maximum Gasteiger partial charge on any atom is 0.143 e. The van der Waals surface area contributed by atoms with Crippen LogP contribution in [0.2, 0.25) is 0 Å². The van der Waals surface area contributed by atoms with E-state index in [2.05, 4.69) is 18.2 Å². The van der Waals surface area contributed by atoms with E-state index in [0.717, 1.165) is 50.1 Å². The number of benzene rings is 4. The molecule has 0 saturated carbocycles. The predicted molar refractivity (Wildman–Crippen MR) is 143 cm³/mol. The summed E-state index contributed by atoms with van der Waals surface area (Å²) in [6.45, 7) is -0.220. The Morgan fingerprint density at radius 2 is 1.19 bits per heavy atom. The average molecular weight is 473 g/mol. The zero-order chi connectivity index (χ0) is 24.6. The maximum absolute atomic E-state index is 10.9. The van der Waals surface area contributed by atoms with Gasteiger partial charge in [-0.05, 0) is 58.1 Å². The topological polar surface area (TPSA) is 73.8 Å². The summed E-state index contributed by atoms with van der Waals surface area (Å²) < 4.78 is 6.56. The van der Waals surface area contributed by atoms with Crippen LogP contribution in [0.25, 0.3) is 55.7 Å². The fourth-order valence-corrected chi connectivity index (χ4v) is 4.94. The van der Waals surface area contributed by atoms with E-state index in [-0.39, 0.29) is 19.0 Å². The van der Waals surface area contributed by atoms with Gasteiger partial charge in [-0.15, -0.1) is 0 Å². The van der Waals surface area contributed by atoms with Crippen LogP contribution in [0, 0.1) is 0 Å². The van der Waals surface area contributed by atoms with Crippen molar-refractivity contribution in [1.29, 1.82) is 0 Å². The molecule has 6 rings (SSSR count). The highest BCUT2D eigenvalue weighted by atomic mass is 16.3. The molecule has 4 nitrogen and oxygen atoms in total. The number of phenolic OH excluding ortho intramolecular Hbond substituents is 1. The third-order valence-corrected chi connectivity index (χ3v) is 6.67. The molecule has 176 valence electrons. The number of phenols is 1. The van der Waals surface area contributed by atoms with E-state index in [1.165, 1.54) is 0 Å². The molecule has 3 N–H and O–H groups in total. The number of hydrogen-bond donors (Lipinski definition) is 3. The smallest absolute Gasteiger partial charge is 0.143 e. The van der Waals surface area contributed by atoms with Crippen molar-refractivity contribution in [2.75, 3.05) is 0 Å². The van der Waals surface area contributed by atoms with E-state index in [0.29, 0.717) is 16.7 Å². The minimum atomic E-state index is -0.128. The summed E-state index contributed by atoms with van der Waals surface area (Å²) in [6.07, 6.45) is 0. The zero-order valence-corrected chi connectivity index (χ0v) is 19.5. The molecule has 0 atom stereocenters. The summed E-state index contributed by atoms with van der Waals surface area (Å²) in [5.74, 6) is 0.866. The first kappa shape index (κ1) is 22.1. The van der Waals surface area contributed by atoms with Crippen molar-refractivity contribution in [1.82, 2.24) is 0 Å². The van der Waals surface area contributed by atoms with Crippen LogP contribution < -0.4 is 0 Å².